The van der Waals surface area contributed by atoms with Crippen molar-refractivity contribution < 1.29 is 101 Å². The summed E-state index contributed by atoms with van der Waals surface area (Å²) >= 11 is 0. The van der Waals surface area contributed by atoms with Crippen molar-refractivity contribution >= 4 is 89.0 Å². The summed E-state index contributed by atoms with van der Waals surface area (Å²) in [4.78, 5) is 211. The summed E-state index contributed by atoms with van der Waals surface area (Å²) in [7, 11) is 0. The lowest BCUT2D eigenvalue weighted by Gasteiger charge is -2.28. The Balaban J connectivity index is 3.08. The van der Waals surface area contributed by atoms with Crippen LogP contribution in [-0.2, 0) is 78.1 Å². The van der Waals surface area contributed by atoms with Gasteiger partial charge in [0.2, 0.25) is 47.3 Å². The smallest absolute Gasteiger partial charge is 0.407 e. The maximum Gasteiger partial charge on any atom is 0.407 e. The molecule has 34 nitrogen and oxygen atoms in total. The minimum Gasteiger partial charge on any atom is -0.444 e. The first kappa shape index (κ1) is 94.0. The highest BCUT2D eigenvalue weighted by Crippen LogP contribution is 2.21. The standard InChI is InChI=1S/C73H121N13O21/c1-18-57(92)75-32-26-48(74)54(89)40-47(42(4)87)61(95)81-49(27-33-78-67(101)105-71(9,10)11)55(90)38-45-24-30-76-65(99)58(43(5)88)86-60(94)46(25-31-77-66(100)104-70(6,7)8)39-56(91)50(28-34-79-68(102)106-72(12,13)14)82-63(97)52(36-41(2)3)84-64(98)53(37-44-22-20-19-21-23-44)85-62(96)51(83-59(45)93)29-35-80-69(103)107-73(15,16)17/h19-23,41-43,45-53,58,87-88H,18,24-40,74H2,1-17H3,(H,75,92)(H,76,99)(H,77,100)(H,78,101)(H,79,102)(H,80,103)(H,81,95)(H,82,97)(H,83,93)(H,84,98)(H,85,96)(H,86,94)/t42?,43?,45-,46-,47+,48+,49+,50+,51+,52+,53-,58+/m1/s1. The largest absolute Gasteiger partial charge is 0.444 e. The first-order valence-corrected chi connectivity index (χ1v) is 36.5. The Morgan fingerprint density at radius 1 is 0.533 bits per heavy atom. The average Bonchev–Trinajstić information content (AvgIpc) is 1.10. The summed E-state index contributed by atoms with van der Waals surface area (Å²) in [5.41, 5.74) is 2.78. The minimum absolute atomic E-state index is 0.0200. The molecule has 16 N–H and O–H groups in total. The van der Waals surface area contributed by atoms with Crippen molar-refractivity contribution in [3.8, 4) is 0 Å². The first-order valence-electron chi connectivity index (χ1n) is 36.5. The molecule has 2 rings (SSSR count). The van der Waals surface area contributed by atoms with E-state index >= 15 is 19.2 Å². The summed E-state index contributed by atoms with van der Waals surface area (Å²) in [6, 6.07) is -2.65. The van der Waals surface area contributed by atoms with Gasteiger partial charge in [-0.25, -0.2) is 19.2 Å². The topological polar surface area (TPSA) is 504 Å². The number of hydrogen-bond donors (Lipinski definition) is 15. The molecule has 0 radical (unpaired) electrons. The van der Waals surface area contributed by atoms with Crippen LogP contribution < -0.4 is 69.5 Å². The zero-order chi connectivity index (χ0) is 81.3. The fraction of sp³-hybridized carbons (Fsp3) is 0.712. The lowest BCUT2D eigenvalue weighted by atomic mass is 9.90. The van der Waals surface area contributed by atoms with E-state index in [0.29, 0.717) is 5.56 Å². The quantitative estimate of drug-likeness (QED) is 0.0490. The summed E-state index contributed by atoms with van der Waals surface area (Å²) in [5.74, 6) is -14.8. The van der Waals surface area contributed by atoms with Crippen LogP contribution in [0, 0.1) is 23.7 Å². The number of alkyl carbamates (subject to hydrolysis) is 4. The lowest BCUT2D eigenvalue weighted by Crippen LogP contribution is -2.59. The van der Waals surface area contributed by atoms with Crippen LogP contribution in [0.4, 0.5) is 19.2 Å². The van der Waals surface area contributed by atoms with E-state index < -0.39 is 223 Å². The molecule has 1 aliphatic rings. The van der Waals surface area contributed by atoms with E-state index in [-0.39, 0.29) is 83.1 Å². The van der Waals surface area contributed by atoms with Crippen molar-refractivity contribution in [2.75, 3.05) is 39.3 Å². The fourth-order valence-corrected chi connectivity index (χ4v) is 10.7. The minimum atomic E-state index is -1.83. The van der Waals surface area contributed by atoms with E-state index in [1.807, 2.05) is 0 Å². The Morgan fingerprint density at radius 3 is 1.48 bits per heavy atom. The van der Waals surface area contributed by atoms with Gasteiger partial charge in [-0.1, -0.05) is 51.1 Å². The molecule has 12 amide bonds. The van der Waals surface area contributed by atoms with Crippen LogP contribution in [0.1, 0.15) is 194 Å². The van der Waals surface area contributed by atoms with Crippen molar-refractivity contribution in [3.63, 3.8) is 0 Å². The van der Waals surface area contributed by atoms with Gasteiger partial charge in [-0.2, -0.15) is 0 Å². The molecular formula is C73H121N13O21. The maximum atomic E-state index is 15.3. The third-order valence-corrected chi connectivity index (χ3v) is 16.1. The molecule has 1 saturated heterocycles. The Hall–Kier alpha value is -9.05. The third-order valence-electron chi connectivity index (χ3n) is 16.1. The van der Waals surface area contributed by atoms with Crippen LogP contribution in [0.25, 0.3) is 0 Å². The molecule has 1 aromatic carbocycles. The third kappa shape index (κ3) is 39.4. The summed E-state index contributed by atoms with van der Waals surface area (Å²) in [5, 5.41) is 53.3. The zero-order valence-electron chi connectivity index (χ0n) is 65.3. The van der Waals surface area contributed by atoms with Crippen molar-refractivity contribution in [2.24, 2.45) is 29.4 Å². The van der Waals surface area contributed by atoms with E-state index in [2.05, 4.69) is 63.8 Å². The van der Waals surface area contributed by atoms with E-state index in [0.717, 1.165) is 6.92 Å². The molecular weight excluding hydrogens is 1390 g/mol. The summed E-state index contributed by atoms with van der Waals surface area (Å²) in [6.07, 6.45) is -11.3. The number of amides is 12. The first-order chi connectivity index (χ1) is 49.6. The zero-order valence-corrected chi connectivity index (χ0v) is 65.3. The number of carbonyl (C=O) groups is 15. The molecule has 0 aromatic heterocycles. The van der Waals surface area contributed by atoms with Gasteiger partial charge < -0.3 is 98.7 Å². The van der Waals surface area contributed by atoms with E-state index in [1.165, 1.54) is 6.92 Å². The van der Waals surface area contributed by atoms with Crippen LogP contribution in [0.2, 0.25) is 0 Å². The molecule has 0 saturated carbocycles. The van der Waals surface area contributed by atoms with Gasteiger partial charge in [-0.05, 0) is 153 Å². The van der Waals surface area contributed by atoms with Crippen LogP contribution in [0.3, 0.4) is 0 Å². The lowest BCUT2D eigenvalue weighted by molar-refractivity contribution is -0.137. The molecule has 34 heteroatoms. The van der Waals surface area contributed by atoms with Crippen LogP contribution >= 0.6 is 0 Å². The van der Waals surface area contributed by atoms with E-state index in [4.69, 9.17) is 24.7 Å². The van der Waals surface area contributed by atoms with Crippen LogP contribution in [0.5, 0.6) is 0 Å². The number of nitrogens with two attached hydrogens (primary N) is 1. The van der Waals surface area contributed by atoms with Gasteiger partial charge in [0, 0.05) is 83.2 Å². The predicted octanol–water partition coefficient (Wildman–Crippen LogP) is 2.09. The highest BCUT2D eigenvalue weighted by Gasteiger charge is 2.39. The molecule has 107 heavy (non-hydrogen) atoms. The number of carbonyl (C=O) groups excluding carboxylic acids is 15. The van der Waals surface area contributed by atoms with Gasteiger partial charge in [0.25, 0.3) is 0 Å². The number of ether oxygens (including phenoxy) is 4. The Bertz CT molecular complexity index is 3160. The van der Waals surface area contributed by atoms with Crippen molar-refractivity contribution in [3.05, 3.63) is 35.9 Å². The van der Waals surface area contributed by atoms with Crippen molar-refractivity contribution in [1.29, 1.82) is 0 Å². The second kappa shape index (κ2) is 44.9. The molecule has 0 aliphatic carbocycles. The average molecular weight is 1520 g/mol. The Morgan fingerprint density at radius 2 is 0.981 bits per heavy atom. The normalized spacial score (nSPS) is 20.7. The van der Waals surface area contributed by atoms with Gasteiger partial charge >= 0.3 is 24.4 Å². The van der Waals surface area contributed by atoms with Crippen LogP contribution in [0.15, 0.2) is 30.3 Å². The van der Waals surface area contributed by atoms with E-state index in [1.54, 1.807) is 134 Å². The molecule has 2 unspecified atom stereocenters. The van der Waals surface area contributed by atoms with Gasteiger partial charge in [-0.15, -0.1) is 0 Å². The molecule has 1 heterocycles. The van der Waals surface area contributed by atoms with Gasteiger partial charge in [0.15, 0.2) is 11.6 Å². The highest BCUT2D eigenvalue weighted by atomic mass is 16.6. The molecule has 12 atom stereocenters. The predicted molar refractivity (Wildman–Crippen MR) is 393 cm³/mol. The van der Waals surface area contributed by atoms with E-state index in [9.17, 15) is 63.0 Å². The number of benzene rings is 1. The van der Waals surface area contributed by atoms with Crippen molar-refractivity contribution in [2.45, 2.75) is 272 Å². The molecule has 0 spiro atoms. The molecule has 604 valence electrons. The SMILES string of the molecule is CCC(=O)NCC[C@H](N)C(=O)C[C@H](C(=O)N[C@@H](CCNC(=O)OC(C)(C)C)C(=O)C[C@H]1CCNC(=O)[C@H](C(C)O)NC(=O)[C@H](CCNC(=O)OC(C)(C)C)CC(=O)[C@H](CCNC(=O)OC(C)(C)C)NC(=O)[C@H](CC(C)C)NC(=O)[C@@H](Cc2ccccc2)NC(=O)[C@H](CCNC(=O)OC(C)(C)C)NC1=O)C(C)O. The number of nitrogens with one attached hydrogen (secondary N) is 12. The molecule has 1 aliphatic heterocycles. The number of aliphatic hydroxyl groups is 2. The van der Waals surface area contributed by atoms with Gasteiger partial charge in [0.1, 0.15) is 52.4 Å². The fourth-order valence-electron chi connectivity index (χ4n) is 10.7. The number of hydrogen-bond acceptors (Lipinski definition) is 22. The van der Waals surface area contributed by atoms with Crippen LogP contribution in [-0.4, -0.2) is 215 Å². The molecule has 1 aromatic rings. The summed E-state index contributed by atoms with van der Waals surface area (Å²) in [6.45, 7) is 24.9. The number of aliphatic hydroxyl groups excluding tert-OH is 2. The summed E-state index contributed by atoms with van der Waals surface area (Å²) < 4.78 is 21.6. The molecule has 1 fully saturated rings. The molecule has 0 bridgehead atoms. The second-order valence-corrected chi connectivity index (χ2v) is 31.2. The van der Waals surface area contributed by atoms with Gasteiger partial charge in [-0.3, -0.25) is 52.7 Å². The number of rotatable bonds is 30. The van der Waals surface area contributed by atoms with Gasteiger partial charge in [0.05, 0.1) is 36.3 Å². The maximum absolute atomic E-state index is 15.3. The second-order valence-electron chi connectivity index (χ2n) is 31.2. The Labute approximate surface area is 627 Å². The van der Waals surface area contributed by atoms with Crippen molar-refractivity contribution in [1.82, 2.24) is 63.8 Å². The number of ketones is 3. The monoisotopic (exact) mass is 1520 g/mol. The number of Topliss-reactive ketones (excluding diaryl/α,β-unsaturated/α-hetero) is 3. The Kier molecular flexibility index (Phi) is 39.5. The highest BCUT2D eigenvalue weighted by molar-refractivity contribution is 5.99.